The van der Waals surface area contributed by atoms with Crippen LogP contribution >= 0.6 is 15.9 Å². The van der Waals surface area contributed by atoms with Crippen LogP contribution < -0.4 is 10.6 Å². The summed E-state index contributed by atoms with van der Waals surface area (Å²) in [5.41, 5.74) is 7.41. The maximum Gasteiger partial charge on any atom is 0.241 e. The first-order valence-corrected chi connectivity index (χ1v) is 9.32. The monoisotopic (exact) mass is 378 g/mol. The molecule has 1 heterocycles. The minimum Gasteiger partial charge on any atom is -0.368 e. The molecule has 1 aromatic rings. The van der Waals surface area contributed by atoms with Crippen LogP contribution in [0.25, 0.3) is 0 Å². The Morgan fingerprint density at radius 3 is 2.61 bits per heavy atom. The number of alkyl halides is 1. The number of carbonyl (C=O) groups excluding carboxylic acids is 2. The van der Waals surface area contributed by atoms with E-state index >= 15 is 0 Å². The average molecular weight is 379 g/mol. The summed E-state index contributed by atoms with van der Waals surface area (Å²) in [5, 5.41) is 0. The second-order valence-corrected chi connectivity index (χ2v) is 7.76. The van der Waals surface area contributed by atoms with Gasteiger partial charge in [-0.2, -0.15) is 0 Å². The van der Waals surface area contributed by atoms with E-state index in [-0.39, 0.29) is 17.3 Å². The van der Waals surface area contributed by atoms with Crippen molar-refractivity contribution in [2.45, 2.75) is 49.3 Å². The third-order valence-corrected chi connectivity index (χ3v) is 5.92. The molecular weight excluding hydrogens is 356 g/mol. The van der Waals surface area contributed by atoms with Crippen molar-refractivity contribution in [2.24, 2.45) is 11.7 Å². The molecule has 2 unspecified atom stereocenters. The Kier molecular flexibility index (Phi) is 5.05. The van der Waals surface area contributed by atoms with Gasteiger partial charge in [-0.1, -0.05) is 53.4 Å². The molecule has 0 spiro atoms. The molecule has 1 fully saturated rings. The first-order valence-electron chi connectivity index (χ1n) is 8.40. The maximum absolute atomic E-state index is 12.7. The van der Waals surface area contributed by atoms with Crippen LogP contribution in [0.15, 0.2) is 24.3 Å². The Labute approximate surface area is 145 Å². The van der Waals surface area contributed by atoms with Gasteiger partial charge in [0.2, 0.25) is 11.8 Å². The third-order valence-electron chi connectivity index (χ3n) is 5.15. The first kappa shape index (κ1) is 16.5. The van der Waals surface area contributed by atoms with Crippen LogP contribution in [-0.4, -0.2) is 23.2 Å². The Morgan fingerprint density at radius 1 is 1.22 bits per heavy atom. The molecule has 5 heteroatoms. The van der Waals surface area contributed by atoms with Crippen molar-refractivity contribution in [3.63, 3.8) is 0 Å². The number of nitrogens with zero attached hydrogens (tertiary/aromatic N) is 1. The van der Waals surface area contributed by atoms with Gasteiger partial charge in [-0.05, 0) is 42.7 Å². The highest BCUT2D eigenvalue weighted by Crippen LogP contribution is 2.45. The number of anilines is 1. The molecule has 0 radical (unpaired) electrons. The van der Waals surface area contributed by atoms with E-state index in [0.29, 0.717) is 11.8 Å². The van der Waals surface area contributed by atoms with Gasteiger partial charge in [0.25, 0.3) is 0 Å². The van der Waals surface area contributed by atoms with E-state index in [1.807, 2.05) is 18.2 Å². The number of benzene rings is 1. The number of rotatable bonds is 3. The Hall–Kier alpha value is -1.36. The van der Waals surface area contributed by atoms with Crippen molar-refractivity contribution in [3.8, 4) is 0 Å². The molecule has 3 rings (SSSR count). The van der Waals surface area contributed by atoms with Crippen LogP contribution in [0.1, 0.15) is 50.0 Å². The number of para-hydroxylation sites is 1. The summed E-state index contributed by atoms with van der Waals surface area (Å²) in [6.45, 7) is -0.0602. The van der Waals surface area contributed by atoms with Crippen LogP contribution in [0, 0.1) is 5.92 Å². The predicted octanol–water partition coefficient (Wildman–Crippen LogP) is 3.34. The van der Waals surface area contributed by atoms with E-state index in [0.717, 1.165) is 12.1 Å². The standard InChI is InChI=1S/C18H23BrN2O2/c19-15-10-14(12-6-2-1-3-7-12)13-8-4-5-9-16(13)21(18(15)23)11-17(20)22/h4-5,8-9,12,14-15H,1-3,6-7,10-11H2,(H2,20,22). The second-order valence-electron chi connectivity index (χ2n) is 6.66. The van der Waals surface area contributed by atoms with Gasteiger partial charge in [-0.25, -0.2) is 0 Å². The van der Waals surface area contributed by atoms with Crippen molar-refractivity contribution in [1.29, 1.82) is 0 Å². The number of carbonyl (C=O) groups is 2. The van der Waals surface area contributed by atoms with Crippen molar-refractivity contribution in [3.05, 3.63) is 29.8 Å². The topological polar surface area (TPSA) is 63.4 Å². The van der Waals surface area contributed by atoms with Crippen LogP contribution in [0.3, 0.4) is 0 Å². The van der Waals surface area contributed by atoms with Crippen molar-refractivity contribution in [1.82, 2.24) is 0 Å². The minimum absolute atomic E-state index is 0.0602. The normalized spacial score (nSPS) is 25.8. The molecule has 0 aromatic heterocycles. The van der Waals surface area contributed by atoms with Gasteiger partial charge < -0.3 is 10.6 Å². The molecule has 2 N–H and O–H groups in total. The lowest BCUT2D eigenvalue weighted by molar-refractivity contribution is -0.122. The van der Waals surface area contributed by atoms with Gasteiger partial charge >= 0.3 is 0 Å². The molecule has 0 saturated heterocycles. The predicted molar refractivity (Wildman–Crippen MR) is 94.6 cm³/mol. The van der Waals surface area contributed by atoms with E-state index in [4.69, 9.17) is 5.73 Å². The number of primary amides is 1. The molecule has 4 nitrogen and oxygen atoms in total. The van der Waals surface area contributed by atoms with Gasteiger partial charge in [0.1, 0.15) is 6.54 Å². The number of hydrogen-bond donors (Lipinski definition) is 1. The summed E-state index contributed by atoms with van der Waals surface area (Å²) in [6.07, 6.45) is 7.10. The molecular formula is C18H23BrN2O2. The molecule has 2 amide bonds. The van der Waals surface area contributed by atoms with Crippen LogP contribution in [-0.2, 0) is 9.59 Å². The van der Waals surface area contributed by atoms with Gasteiger partial charge in [0.05, 0.1) is 4.83 Å². The number of hydrogen-bond acceptors (Lipinski definition) is 2. The van der Waals surface area contributed by atoms with Gasteiger partial charge in [-0.3, -0.25) is 9.59 Å². The van der Waals surface area contributed by atoms with E-state index in [2.05, 4.69) is 22.0 Å². The van der Waals surface area contributed by atoms with E-state index < -0.39 is 5.91 Å². The van der Waals surface area contributed by atoms with Crippen LogP contribution in [0.5, 0.6) is 0 Å². The van der Waals surface area contributed by atoms with Crippen LogP contribution in [0.2, 0.25) is 0 Å². The zero-order valence-corrected chi connectivity index (χ0v) is 14.8. The molecule has 1 aliphatic carbocycles. The molecule has 2 aliphatic rings. The highest BCUT2D eigenvalue weighted by atomic mass is 79.9. The Bertz CT molecular complexity index is 598. The van der Waals surface area contributed by atoms with Crippen LogP contribution in [0.4, 0.5) is 5.69 Å². The van der Waals surface area contributed by atoms with Gasteiger partial charge in [0, 0.05) is 5.69 Å². The zero-order chi connectivity index (χ0) is 16.4. The highest BCUT2D eigenvalue weighted by Gasteiger charge is 2.37. The molecule has 2 atom stereocenters. The lowest BCUT2D eigenvalue weighted by Crippen LogP contribution is -2.41. The highest BCUT2D eigenvalue weighted by molar-refractivity contribution is 9.10. The Morgan fingerprint density at radius 2 is 1.91 bits per heavy atom. The molecule has 124 valence electrons. The number of amides is 2. The smallest absolute Gasteiger partial charge is 0.241 e. The van der Waals surface area contributed by atoms with E-state index in [9.17, 15) is 9.59 Å². The van der Waals surface area contributed by atoms with Gasteiger partial charge in [0.15, 0.2) is 0 Å². The van der Waals surface area contributed by atoms with Gasteiger partial charge in [-0.15, -0.1) is 0 Å². The third kappa shape index (κ3) is 3.44. The fourth-order valence-corrected chi connectivity index (χ4v) is 4.74. The largest absolute Gasteiger partial charge is 0.368 e. The summed E-state index contributed by atoms with van der Waals surface area (Å²) in [4.78, 5) is 25.5. The minimum atomic E-state index is -0.482. The molecule has 1 saturated carbocycles. The first-order chi connectivity index (χ1) is 11.1. The zero-order valence-electron chi connectivity index (χ0n) is 13.2. The second kappa shape index (κ2) is 7.04. The molecule has 23 heavy (non-hydrogen) atoms. The molecule has 1 aromatic carbocycles. The SMILES string of the molecule is NC(=O)CN1C(=O)C(Br)CC(C2CCCCC2)c2ccccc21. The summed E-state index contributed by atoms with van der Waals surface area (Å²) in [6, 6.07) is 8.00. The number of nitrogens with two attached hydrogens (primary N) is 1. The lowest BCUT2D eigenvalue weighted by Gasteiger charge is -2.31. The van der Waals surface area contributed by atoms with E-state index in [1.165, 1.54) is 37.7 Å². The van der Waals surface area contributed by atoms with E-state index in [1.54, 1.807) is 4.90 Å². The molecule has 1 aliphatic heterocycles. The summed E-state index contributed by atoms with van der Waals surface area (Å²) < 4.78 is 0. The fourth-order valence-electron chi connectivity index (χ4n) is 4.09. The lowest BCUT2D eigenvalue weighted by atomic mass is 9.75. The van der Waals surface area contributed by atoms with Crippen molar-refractivity contribution < 1.29 is 9.59 Å². The summed E-state index contributed by atoms with van der Waals surface area (Å²) in [5.74, 6) is 0.433. The van der Waals surface area contributed by atoms with Crippen molar-refractivity contribution in [2.75, 3.05) is 11.4 Å². The quantitative estimate of drug-likeness (QED) is 0.819. The number of fused-ring (bicyclic) bond motifs is 1. The average Bonchev–Trinajstić information content (AvgIpc) is 2.66. The van der Waals surface area contributed by atoms with Crippen molar-refractivity contribution >= 4 is 33.4 Å². The summed E-state index contributed by atoms with van der Waals surface area (Å²) in [7, 11) is 0. The summed E-state index contributed by atoms with van der Waals surface area (Å²) >= 11 is 3.56. The molecule has 0 bridgehead atoms. The number of halogens is 1. The Balaban J connectivity index is 2.01. The maximum atomic E-state index is 12.7. The fraction of sp³-hybridized carbons (Fsp3) is 0.556.